The Morgan fingerprint density at radius 3 is 2.10 bits per heavy atom. The monoisotopic (exact) mass is 317 g/mol. The Bertz CT molecular complexity index is 556. The molecule has 7 heteroatoms. The molecule has 4 N–H and O–H groups in total. The SMILES string of the molecule is CCC(C)C(N)C(=O)O.CCc1ccccc1S(=O)(=O)O. The van der Waals surface area contributed by atoms with Crippen molar-refractivity contribution in [1.82, 2.24) is 0 Å². The molecule has 0 aliphatic heterocycles. The van der Waals surface area contributed by atoms with Crippen LogP contribution in [0.1, 0.15) is 32.8 Å². The summed E-state index contributed by atoms with van der Waals surface area (Å²) in [6, 6.07) is 5.71. The predicted molar refractivity (Wildman–Crippen MR) is 80.7 cm³/mol. The van der Waals surface area contributed by atoms with Gasteiger partial charge in [0.15, 0.2) is 0 Å². The smallest absolute Gasteiger partial charge is 0.320 e. The summed E-state index contributed by atoms with van der Waals surface area (Å²) in [5.74, 6) is -0.841. The molecular formula is C14H23NO5S. The number of hydrogen-bond acceptors (Lipinski definition) is 4. The molecule has 0 amide bonds. The molecular weight excluding hydrogens is 294 g/mol. The normalized spacial score (nSPS) is 13.8. The van der Waals surface area contributed by atoms with Gasteiger partial charge in [-0.1, -0.05) is 45.4 Å². The number of benzene rings is 1. The minimum atomic E-state index is -4.05. The lowest BCUT2D eigenvalue weighted by atomic mass is 10.0. The Hall–Kier alpha value is -1.44. The van der Waals surface area contributed by atoms with E-state index in [1.54, 1.807) is 18.2 Å². The first kappa shape index (κ1) is 19.6. The summed E-state index contributed by atoms with van der Waals surface area (Å²) >= 11 is 0. The van der Waals surface area contributed by atoms with E-state index >= 15 is 0 Å². The standard InChI is InChI=1S/C8H10O3S.C6H13NO2/c1-2-7-5-3-4-6-8(7)12(9,10)11;1-3-4(2)5(7)6(8)9/h3-6H,2H2,1H3,(H,9,10,11);4-5H,3,7H2,1-2H3,(H,8,9). The minimum absolute atomic E-state index is 0.00694. The average Bonchev–Trinajstić information content (AvgIpc) is 2.45. The molecule has 0 heterocycles. The summed E-state index contributed by atoms with van der Waals surface area (Å²) in [5, 5.41) is 8.36. The van der Waals surface area contributed by atoms with Crippen molar-refractivity contribution in [2.45, 2.75) is 44.6 Å². The zero-order chi connectivity index (χ0) is 16.6. The molecule has 0 radical (unpaired) electrons. The van der Waals surface area contributed by atoms with Gasteiger partial charge in [-0.25, -0.2) is 0 Å². The van der Waals surface area contributed by atoms with Crippen LogP contribution in [0, 0.1) is 5.92 Å². The van der Waals surface area contributed by atoms with Gasteiger partial charge in [0.1, 0.15) is 6.04 Å². The van der Waals surface area contributed by atoms with Gasteiger partial charge in [-0.05, 0) is 24.0 Å². The lowest BCUT2D eigenvalue weighted by Gasteiger charge is -2.11. The molecule has 0 aromatic heterocycles. The van der Waals surface area contributed by atoms with E-state index in [0.717, 1.165) is 6.42 Å². The Labute approximate surface area is 125 Å². The third kappa shape index (κ3) is 6.70. The van der Waals surface area contributed by atoms with Gasteiger partial charge in [-0.15, -0.1) is 0 Å². The molecule has 0 aliphatic carbocycles. The Morgan fingerprint density at radius 1 is 1.29 bits per heavy atom. The quantitative estimate of drug-likeness (QED) is 0.714. The molecule has 1 rings (SSSR count). The van der Waals surface area contributed by atoms with Crippen molar-refractivity contribution < 1.29 is 22.9 Å². The van der Waals surface area contributed by atoms with Crippen LogP contribution in [-0.4, -0.2) is 30.1 Å². The van der Waals surface area contributed by atoms with E-state index in [4.69, 9.17) is 15.4 Å². The molecule has 1 aromatic rings. The Morgan fingerprint density at radius 2 is 1.81 bits per heavy atom. The van der Waals surface area contributed by atoms with Crippen LogP contribution in [0.3, 0.4) is 0 Å². The van der Waals surface area contributed by atoms with Crippen molar-refractivity contribution in [3.8, 4) is 0 Å². The maximum Gasteiger partial charge on any atom is 0.320 e. The molecule has 2 atom stereocenters. The number of carboxylic acid groups (broad SMARTS) is 1. The van der Waals surface area contributed by atoms with Crippen LogP contribution >= 0.6 is 0 Å². The van der Waals surface area contributed by atoms with E-state index < -0.39 is 22.1 Å². The van der Waals surface area contributed by atoms with Crippen molar-refractivity contribution in [2.75, 3.05) is 0 Å². The maximum atomic E-state index is 10.8. The molecule has 2 unspecified atom stereocenters. The summed E-state index contributed by atoms with van der Waals surface area (Å²) < 4.78 is 30.3. The number of rotatable bonds is 5. The number of aryl methyl sites for hydroxylation is 1. The van der Waals surface area contributed by atoms with Crippen LogP contribution < -0.4 is 5.73 Å². The van der Waals surface area contributed by atoms with Crippen molar-refractivity contribution in [2.24, 2.45) is 11.7 Å². The zero-order valence-electron chi connectivity index (χ0n) is 12.5. The van der Waals surface area contributed by atoms with E-state index in [1.807, 2.05) is 20.8 Å². The van der Waals surface area contributed by atoms with Crippen molar-refractivity contribution in [1.29, 1.82) is 0 Å². The first-order valence-corrected chi connectivity index (χ1v) is 8.12. The van der Waals surface area contributed by atoms with Crippen LogP contribution in [0.15, 0.2) is 29.2 Å². The Kier molecular flexibility index (Phi) is 8.16. The minimum Gasteiger partial charge on any atom is -0.480 e. The molecule has 0 spiro atoms. The number of aliphatic carboxylic acids is 1. The van der Waals surface area contributed by atoms with Gasteiger partial charge in [0.2, 0.25) is 0 Å². The third-order valence-electron chi connectivity index (χ3n) is 3.17. The topological polar surface area (TPSA) is 118 Å². The van der Waals surface area contributed by atoms with Gasteiger partial charge >= 0.3 is 5.97 Å². The number of carbonyl (C=O) groups is 1. The highest BCUT2D eigenvalue weighted by Crippen LogP contribution is 2.14. The van der Waals surface area contributed by atoms with Crippen LogP contribution in [-0.2, 0) is 21.3 Å². The highest BCUT2D eigenvalue weighted by atomic mass is 32.2. The van der Waals surface area contributed by atoms with E-state index in [-0.39, 0.29) is 10.8 Å². The first-order chi connectivity index (χ1) is 9.65. The van der Waals surface area contributed by atoms with Gasteiger partial charge in [0.25, 0.3) is 10.1 Å². The van der Waals surface area contributed by atoms with Gasteiger partial charge in [0, 0.05) is 0 Å². The summed E-state index contributed by atoms with van der Waals surface area (Å²) in [4.78, 5) is 10.2. The fraction of sp³-hybridized carbons (Fsp3) is 0.500. The third-order valence-corrected chi connectivity index (χ3v) is 4.13. The van der Waals surface area contributed by atoms with Gasteiger partial charge in [-0.3, -0.25) is 9.35 Å². The molecule has 0 aliphatic rings. The first-order valence-electron chi connectivity index (χ1n) is 6.68. The second-order valence-corrected chi connectivity index (χ2v) is 6.08. The zero-order valence-corrected chi connectivity index (χ0v) is 13.3. The molecule has 1 aromatic carbocycles. The van der Waals surface area contributed by atoms with Crippen molar-refractivity contribution >= 4 is 16.1 Å². The second-order valence-electron chi connectivity index (χ2n) is 4.69. The van der Waals surface area contributed by atoms with Crippen LogP contribution in [0.25, 0.3) is 0 Å². The molecule has 0 saturated heterocycles. The molecule has 0 saturated carbocycles. The second kappa shape index (κ2) is 8.76. The molecule has 0 bridgehead atoms. The highest BCUT2D eigenvalue weighted by Gasteiger charge is 2.17. The van der Waals surface area contributed by atoms with E-state index in [1.165, 1.54) is 6.07 Å². The van der Waals surface area contributed by atoms with E-state index in [0.29, 0.717) is 12.0 Å². The number of nitrogens with two attached hydrogens (primary N) is 1. The van der Waals surface area contributed by atoms with Gasteiger partial charge in [-0.2, -0.15) is 8.42 Å². The van der Waals surface area contributed by atoms with E-state index in [2.05, 4.69) is 0 Å². The van der Waals surface area contributed by atoms with Gasteiger partial charge in [0.05, 0.1) is 4.90 Å². The largest absolute Gasteiger partial charge is 0.480 e. The van der Waals surface area contributed by atoms with Gasteiger partial charge < -0.3 is 10.8 Å². The lowest BCUT2D eigenvalue weighted by Crippen LogP contribution is -2.36. The fourth-order valence-electron chi connectivity index (χ4n) is 1.54. The Balaban J connectivity index is 0.000000400. The lowest BCUT2D eigenvalue weighted by molar-refractivity contribution is -0.139. The summed E-state index contributed by atoms with van der Waals surface area (Å²) in [7, 11) is -4.05. The van der Waals surface area contributed by atoms with Crippen LogP contribution in [0.4, 0.5) is 0 Å². The predicted octanol–water partition coefficient (Wildman–Crippen LogP) is 1.94. The summed E-state index contributed by atoms with van der Waals surface area (Å²) in [5.41, 5.74) is 5.91. The molecule has 21 heavy (non-hydrogen) atoms. The molecule has 0 fully saturated rings. The maximum absolute atomic E-state index is 10.8. The number of hydrogen-bond donors (Lipinski definition) is 3. The summed E-state index contributed by atoms with van der Waals surface area (Å²) in [6.07, 6.45) is 1.41. The number of carboxylic acids is 1. The molecule has 6 nitrogen and oxygen atoms in total. The van der Waals surface area contributed by atoms with Crippen LogP contribution in [0.2, 0.25) is 0 Å². The van der Waals surface area contributed by atoms with Crippen molar-refractivity contribution in [3.63, 3.8) is 0 Å². The highest BCUT2D eigenvalue weighted by molar-refractivity contribution is 7.85. The fourth-order valence-corrected chi connectivity index (χ4v) is 2.34. The van der Waals surface area contributed by atoms with Crippen LogP contribution in [0.5, 0.6) is 0 Å². The van der Waals surface area contributed by atoms with E-state index in [9.17, 15) is 13.2 Å². The summed E-state index contributed by atoms with van der Waals surface area (Å²) in [6.45, 7) is 5.59. The van der Waals surface area contributed by atoms with Crippen molar-refractivity contribution in [3.05, 3.63) is 29.8 Å². The average molecular weight is 317 g/mol. The molecule has 120 valence electrons.